The van der Waals surface area contributed by atoms with Crippen molar-refractivity contribution in [1.82, 2.24) is 14.8 Å². The average Bonchev–Trinajstić information content (AvgIpc) is 2.80. The summed E-state index contributed by atoms with van der Waals surface area (Å²) in [5.41, 5.74) is 1.86. The molecule has 0 unspecified atom stereocenters. The molecule has 0 amide bonds. The maximum absolute atomic E-state index is 8.54. The van der Waals surface area contributed by atoms with Gasteiger partial charge in [0, 0.05) is 11.3 Å². The lowest BCUT2D eigenvalue weighted by Crippen LogP contribution is -1.89. The summed E-state index contributed by atoms with van der Waals surface area (Å²) in [6.45, 7) is -0.118. The van der Waals surface area contributed by atoms with Crippen LogP contribution in [0, 0.1) is 11.8 Å². The highest BCUT2D eigenvalue weighted by molar-refractivity contribution is 5.41. The van der Waals surface area contributed by atoms with Crippen molar-refractivity contribution in [3.63, 3.8) is 0 Å². The zero-order chi connectivity index (χ0) is 10.5. The summed E-state index contributed by atoms with van der Waals surface area (Å²) < 4.78 is 1.81. The molecule has 1 aromatic carbocycles. The monoisotopic (exact) mass is 199 g/mol. The molecule has 0 saturated heterocycles. The van der Waals surface area contributed by atoms with E-state index in [2.05, 4.69) is 22.0 Å². The van der Waals surface area contributed by atoms with Crippen LogP contribution in [0.15, 0.2) is 36.9 Å². The minimum atomic E-state index is -0.118. The Morgan fingerprint density at radius 3 is 2.40 bits per heavy atom. The molecular weight excluding hydrogens is 190 g/mol. The van der Waals surface area contributed by atoms with Gasteiger partial charge in [-0.25, -0.2) is 0 Å². The molecule has 1 N–H and O–H groups in total. The summed E-state index contributed by atoms with van der Waals surface area (Å²) in [5.74, 6) is 5.42. The molecule has 74 valence electrons. The standard InChI is InChI=1S/C11H9N3O/c15-7-1-2-10-3-5-11(6-4-10)14-8-12-13-9-14/h3-6,8-9,15H,7H2. The minimum Gasteiger partial charge on any atom is -0.384 e. The van der Waals surface area contributed by atoms with Crippen LogP contribution in [0.3, 0.4) is 0 Å². The molecule has 0 aliphatic heterocycles. The first kappa shape index (κ1) is 9.44. The van der Waals surface area contributed by atoms with Gasteiger partial charge in [0.1, 0.15) is 19.3 Å². The second-order valence-electron chi connectivity index (χ2n) is 2.88. The van der Waals surface area contributed by atoms with Gasteiger partial charge in [0.25, 0.3) is 0 Å². The van der Waals surface area contributed by atoms with Gasteiger partial charge in [-0.15, -0.1) is 10.2 Å². The van der Waals surface area contributed by atoms with Gasteiger partial charge in [0.15, 0.2) is 0 Å². The zero-order valence-corrected chi connectivity index (χ0v) is 7.96. The number of hydrogen-bond acceptors (Lipinski definition) is 3. The van der Waals surface area contributed by atoms with Crippen LogP contribution in [0.5, 0.6) is 0 Å². The highest BCUT2D eigenvalue weighted by Gasteiger charge is 1.94. The molecule has 0 aliphatic rings. The Balaban J connectivity index is 2.25. The number of benzene rings is 1. The summed E-state index contributed by atoms with van der Waals surface area (Å²) in [6.07, 6.45) is 3.27. The van der Waals surface area contributed by atoms with Crippen molar-refractivity contribution in [2.24, 2.45) is 0 Å². The van der Waals surface area contributed by atoms with Crippen molar-refractivity contribution in [2.75, 3.05) is 6.61 Å². The van der Waals surface area contributed by atoms with Gasteiger partial charge in [-0.2, -0.15) is 0 Å². The quantitative estimate of drug-likeness (QED) is 0.685. The topological polar surface area (TPSA) is 50.9 Å². The molecule has 2 aromatic rings. The molecule has 0 fully saturated rings. The molecule has 4 nitrogen and oxygen atoms in total. The van der Waals surface area contributed by atoms with Crippen molar-refractivity contribution in [3.8, 4) is 17.5 Å². The van der Waals surface area contributed by atoms with E-state index in [-0.39, 0.29) is 6.61 Å². The zero-order valence-electron chi connectivity index (χ0n) is 7.96. The predicted octanol–water partition coefficient (Wildman–Crippen LogP) is 0.611. The molecule has 1 aromatic heterocycles. The maximum Gasteiger partial charge on any atom is 0.123 e. The third-order valence-corrected chi connectivity index (χ3v) is 1.90. The van der Waals surface area contributed by atoms with E-state index in [9.17, 15) is 0 Å². The summed E-state index contributed by atoms with van der Waals surface area (Å²) >= 11 is 0. The molecule has 4 heteroatoms. The Hall–Kier alpha value is -2.12. The van der Waals surface area contributed by atoms with Crippen LogP contribution in [-0.4, -0.2) is 26.5 Å². The summed E-state index contributed by atoms with van der Waals surface area (Å²) in [7, 11) is 0. The number of aliphatic hydroxyl groups is 1. The fraction of sp³-hybridized carbons (Fsp3) is 0.0909. The second-order valence-corrected chi connectivity index (χ2v) is 2.88. The maximum atomic E-state index is 8.54. The molecule has 1 heterocycles. The third kappa shape index (κ3) is 2.22. The Kier molecular flexibility index (Phi) is 2.77. The highest BCUT2D eigenvalue weighted by atomic mass is 16.2. The first-order valence-electron chi connectivity index (χ1n) is 4.45. The molecule has 2 rings (SSSR count). The van der Waals surface area contributed by atoms with E-state index >= 15 is 0 Å². The average molecular weight is 199 g/mol. The lowest BCUT2D eigenvalue weighted by molar-refractivity contribution is 0.350. The van der Waals surface area contributed by atoms with E-state index in [0.717, 1.165) is 11.3 Å². The molecule has 0 bridgehead atoms. The molecule has 0 atom stereocenters. The van der Waals surface area contributed by atoms with Gasteiger partial charge in [0.2, 0.25) is 0 Å². The van der Waals surface area contributed by atoms with E-state index in [1.54, 1.807) is 12.7 Å². The molecule has 0 spiro atoms. The lowest BCUT2D eigenvalue weighted by atomic mass is 10.2. The molecule has 15 heavy (non-hydrogen) atoms. The first-order chi connectivity index (χ1) is 7.40. The Labute approximate surface area is 87.2 Å². The Morgan fingerprint density at radius 2 is 1.80 bits per heavy atom. The number of rotatable bonds is 1. The molecule has 0 radical (unpaired) electrons. The molecule has 0 saturated carbocycles. The van der Waals surface area contributed by atoms with Crippen LogP contribution in [0.4, 0.5) is 0 Å². The van der Waals surface area contributed by atoms with Gasteiger partial charge in [-0.1, -0.05) is 11.8 Å². The summed E-state index contributed by atoms with van der Waals surface area (Å²) in [6, 6.07) is 7.62. The van der Waals surface area contributed by atoms with E-state index in [1.165, 1.54) is 0 Å². The SMILES string of the molecule is OCC#Cc1ccc(-n2cnnc2)cc1. The van der Waals surface area contributed by atoms with Crippen molar-refractivity contribution in [1.29, 1.82) is 0 Å². The lowest BCUT2D eigenvalue weighted by Gasteiger charge is -1.99. The van der Waals surface area contributed by atoms with Crippen molar-refractivity contribution in [2.45, 2.75) is 0 Å². The van der Waals surface area contributed by atoms with Gasteiger partial charge in [-0.3, -0.25) is 4.57 Å². The first-order valence-corrected chi connectivity index (χ1v) is 4.45. The molecule has 0 aliphatic carbocycles. The van der Waals surface area contributed by atoms with Crippen LogP contribution in [0.1, 0.15) is 5.56 Å². The van der Waals surface area contributed by atoms with Crippen LogP contribution in [0.2, 0.25) is 0 Å². The van der Waals surface area contributed by atoms with E-state index in [4.69, 9.17) is 5.11 Å². The third-order valence-electron chi connectivity index (χ3n) is 1.90. The fourth-order valence-corrected chi connectivity index (χ4v) is 1.19. The van der Waals surface area contributed by atoms with Crippen LogP contribution in [-0.2, 0) is 0 Å². The number of nitrogens with zero attached hydrogens (tertiary/aromatic N) is 3. The van der Waals surface area contributed by atoms with Crippen LogP contribution >= 0.6 is 0 Å². The van der Waals surface area contributed by atoms with Crippen molar-refractivity contribution < 1.29 is 5.11 Å². The normalized spacial score (nSPS) is 9.40. The second kappa shape index (κ2) is 4.40. The number of aliphatic hydroxyl groups excluding tert-OH is 1. The van der Waals surface area contributed by atoms with E-state index in [1.807, 2.05) is 28.8 Å². The fourth-order valence-electron chi connectivity index (χ4n) is 1.19. The summed E-state index contributed by atoms with van der Waals surface area (Å²) in [5, 5.41) is 16.0. The molecular formula is C11H9N3O. The van der Waals surface area contributed by atoms with Gasteiger partial charge < -0.3 is 5.11 Å². The van der Waals surface area contributed by atoms with Crippen molar-refractivity contribution >= 4 is 0 Å². The van der Waals surface area contributed by atoms with Crippen molar-refractivity contribution in [3.05, 3.63) is 42.5 Å². The van der Waals surface area contributed by atoms with Crippen LogP contribution < -0.4 is 0 Å². The van der Waals surface area contributed by atoms with E-state index < -0.39 is 0 Å². The van der Waals surface area contributed by atoms with Gasteiger partial charge in [0.05, 0.1) is 0 Å². The predicted molar refractivity (Wildman–Crippen MR) is 55.3 cm³/mol. The number of aromatic nitrogens is 3. The Bertz CT molecular complexity index is 477. The largest absolute Gasteiger partial charge is 0.384 e. The smallest absolute Gasteiger partial charge is 0.123 e. The number of hydrogen-bond donors (Lipinski definition) is 1. The van der Waals surface area contributed by atoms with E-state index in [0.29, 0.717) is 0 Å². The van der Waals surface area contributed by atoms with Gasteiger partial charge in [-0.05, 0) is 24.3 Å². The minimum absolute atomic E-state index is 0.118. The highest BCUT2D eigenvalue weighted by Crippen LogP contribution is 2.07. The summed E-state index contributed by atoms with van der Waals surface area (Å²) in [4.78, 5) is 0. The van der Waals surface area contributed by atoms with Crippen LogP contribution in [0.25, 0.3) is 5.69 Å². The van der Waals surface area contributed by atoms with Gasteiger partial charge >= 0.3 is 0 Å². The Morgan fingerprint density at radius 1 is 1.13 bits per heavy atom.